The molecule has 164 valence electrons. The van der Waals surface area contributed by atoms with E-state index in [0.717, 1.165) is 16.4 Å². The number of rotatable bonds is 8. The highest BCUT2D eigenvalue weighted by atomic mass is 35.5. The van der Waals surface area contributed by atoms with E-state index in [-0.39, 0.29) is 5.69 Å². The number of hydrogen-bond acceptors (Lipinski definition) is 6. The zero-order valence-electron chi connectivity index (χ0n) is 16.5. The van der Waals surface area contributed by atoms with Crippen LogP contribution in [0.2, 0.25) is 5.02 Å². The lowest BCUT2D eigenvalue weighted by molar-refractivity contribution is -0.387. The average Bonchev–Trinajstić information content (AvgIpc) is 2.79. The number of benzene rings is 3. The van der Waals surface area contributed by atoms with Crippen molar-refractivity contribution < 1.29 is 18.1 Å². The van der Waals surface area contributed by atoms with Crippen LogP contribution >= 0.6 is 11.6 Å². The first-order valence-electron chi connectivity index (χ1n) is 9.18. The second-order valence-electron chi connectivity index (χ2n) is 6.39. The van der Waals surface area contributed by atoms with E-state index in [1.807, 2.05) is 0 Å². The number of anilines is 1. The summed E-state index contributed by atoms with van der Waals surface area (Å²) in [6.45, 7) is -0.655. The molecule has 3 aromatic rings. The molecule has 32 heavy (non-hydrogen) atoms. The average molecular weight is 473 g/mol. The van der Waals surface area contributed by atoms with Crippen LogP contribution in [-0.4, -0.2) is 32.0 Å². The SMILES string of the molecule is O=C(CN(c1ccccc1)S(=O)(=O)c1ccccc1[N+](=O)[O-])N/N=C/c1ccccc1Cl. The van der Waals surface area contributed by atoms with E-state index in [0.29, 0.717) is 10.6 Å². The molecule has 0 atom stereocenters. The molecule has 0 heterocycles. The molecule has 0 saturated carbocycles. The molecule has 11 heteroatoms. The second-order valence-corrected chi connectivity index (χ2v) is 8.62. The monoisotopic (exact) mass is 472 g/mol. The van der Waals surface area contributed by atoms with Crippen LogP contribution in [0, 0.1) is 10.1 Å². The van der Waals surface area contributed by atoms with E-state index in [1.165, 1.54) is 30.5 Å². The molecule has 0 unspecified atom stereocenters. The Morgan fingerprint density at radius 1 is 1.03 bits per heavy atom. The third-order valence-corrected chi connectivity index (χ3v) is 6.42. The molecular weight excluding hydrogens is 456 g/mol. The minimum atomic E-state index is -4.45. The van der Waals surface area contributed by atoms with Gasteiger partial charge >= 0.3 is 0 Å². The molecule has 0 radical (unpaired) electrons. The zero-order valence-corrected chi connectivity index (χ0v) is 18.0. The predicted molar refractivity (Wildman–Crippen MR) is 121 cm³/mol. The lowest BCUT2D eigenvalue weighted by Gasteiger charge is -2.23. The smallest absolute Gasteiger partial charge is 0.271 e. The Morgan fingerprint density at radius 3 is 2.34 bits per heavy atom. The van der Waals surface area contributed by atoms with Gasteiger partial charge < -0.3 is 0 Å². The maximum absolute atomic E-state index is 13.3. The minimum Gasteiger partial charge on any atom is -0.271 e. The van der Waals surface area contributed by atoms with E-state index < -0.39 is 38.0 Å². The number of para-hydroxylation sites is 2. The van der Waals surface area contributed by atoms with Crippen molar-refractivity contribution in [1.29, 1.82) is 0 Å². The van der Waals surface area contributed by atoms with Crippen molar-refractivity contribution in [3.63, 3.8) is 0 Å². The van der Waals surface area contributed by atoms with E-state index in [1.54, 1.807) is 42.5 Å². The molecule has 0 fully saturated rings. The van der Waals surface area contributed by atoms with Crippen LogP contribution < -0.4 is 9.73 Å². The quantitative estimate of drug-likeness (QED) is 0.305. The Hall–Kier alpha value is -3.76. The summed E-state index contributed by atoms with van der Waals surface area (Å²) >= 11 is 6.03. The van der Waals surface area contributed by atoms with Gasteiger partial charge in [0.05, 0.1) is 16.8 Å². The summed E-state index contributed by atoms with van der Waals surface area (Å²) in [7, 11) is -4.45. The highest BCUT2D eigenvalue weighted by molar-refractivity contribution is 7.93. The number of sulfonamides is 1. The third kappa shape index (κ3) is 5.29. The molecule has 3 aromatic carbocycles. The van der Waals surface area contributed by atoms with Crippen molar-refractivity contribution in [2.45, 2.75) is 4.90 Å². The number of nitro groups is 1. The topological polar surface area (TPSA) is 122 Å². The molecule has 0 spiro atoms. The molecule has 0 bridgehead atoms. The number of nitrogens with one attached hydrogen (secondary N) is 1. The molecular formula is C21H17ClN4O5S. The summed E-state index contributed by atoms with van der Waals surface area (Å²) < 4.78 is 27.4. The number of carbonyl (C=O) groups excluding carboxylic acids is 1. The fraction of sp³-hybridized carbons (Fsp3) is 0.0476. The van der Waals surface area contributed by atoms with Gasteiger partial charge in [0.15, 0.2) is 4.90 Å². The van der Waals surface area contributed by atoms with Gasteiger partial charge in [0, 0.05) is 16.7 Å². The van der Waals surface area contributed by atoms with Gasteiger partial charge in [0.1, 0.15) is 6.54 Å². The zero-order chi connectivity index (χ0) is 23.1. The first-order valence-corrected chi connectivity index (χ1v) is 11.0. The number of hydrogen-bond donors (Lipinski definition) is 1. The number of halogens is 1. The molecule has 0 aromatic heterocycles. The van der Waals surface area contributed by atoms with Crippen molar-refractivity contribution in [1.82, 2.24) is 5.43 Å². The summed E-state index contributed by atoms with van der Waals surface area (Å²) in [4.78, 5) is 22.6. The van der Waals surface area contributed by atoms with Gasteiger partial charge in [0.2, 0.25) is 0 Å². The Bertz CT molecular complexity index is 1270. The van der Waals surface area contributed by atoms with Crippen molar-refractivity contribution in [2.24, 2.45) is 5.10 Å². The van der Waals surface area contributed by atoms with Crippen LogP contribution in [0.5, 0.6) is 0 Å². The number of amides is 1. The van der Waals surface area contributed by atoms with Gasteiger partial charge in [0.25, 0.3) is 21.6 Å². The fourth-order valence-electron chi connectivity index (χ4n) is 2.77. The number of hydrazone groups is 1. The van der Waals surface area contributed by atoms with Crippen LogP contribution in [0.3, 0.4) is 0 Å². The molecule has 9 nitrogen and oxygen atoms in total. The van der Waals surface area contributed by atoms with Crippen LogP contribution in [0.15, 0.2) is 88.9 Å². The van der Waals surface area contributed by atoms with Gasteiger partial charge in [-0.15, -0.1) is 0 Å². The van der Waals surface area contributed by atoms with E-state index in [9.17, 15) is 23.3 Å². The maximum atomic E-state index is 13.3. The summed E-state index contributed by atoms with van der Waals surface area (Å²) in [5.41, 5.74) is 2.38. The normalized spacial score (nSPS) is 11.3. The standard InChI is InChI=1S/C21H17ClN4O5S/c22-18-11-5-4-8-16(18)14-23-24-21(27)15-25(17-9-2-1-3-10-17)32(30,31)20-13-7-6-12-19(20)26(28)29/h1-14H,15H2,(H,24,27)/b23-14+. The third-order valence-electron chi connectivity index (χ3n) is 4.26. The number of carbonyl (C=O) groups is 1. The summed E-state index contributed by atoms with van der Waals surface area (Å²) in [6, 6.07) is 19.6. The van der Waals surface area contributed by atoms with Crippen molar-refractivity contribution in [3.05, 3.63) is 99.6 Å². The highest BCUT2D eigenvalue weighted by Crippen LogP contribution is 2.29. The first-order chi connectivity index (χ1) is 15.3. The van der Waals surface area contributed by atoms with E-state index in [2.05, 4.69) is 10.5 Å². The van der Waals surface area contributed by atoms with Crippen LogP contribution in [0.25, 0.3) is 0 Å². The summed E-state index contributed by atoms with van der Waals surface area (Å²) in [5, 5.41) is 15.6. The van der Waals surface area contributed by atoms with Crippen molar-refractivity contribution >= 4 is 45.1 Å². The fourth-order valence-corrected chi connectivity index (χ4v) is 4.54. The molecule has 1 N–H and O–H groups in total. The molecule has 1 amide bonds. The Kier molecular flexibility index (Phi) is 7.18. The lowest BCUT2D eigenvalue weighted by atomic mass is 10.2. The van der Waals surface area contributed by atoms with Crippen LogP contribution in [0.4, 0.5) is 11.4 Å². The second kappa shape index (κ2) is 10.0. The Morgan fingerprint density at radius 2 is 1.66 bits per heavy atom. The highest BCUT2D eigenvalue weighted by Gasteiger charge is 2.32. The van der Waals surface area contributed by atoms with Gasteiger partial charge in [-0.2, -0.15) is 5.10 Å². The Balaban J connectivity index is 1.90. The van der Waals surface area contributed by atoms with E-state index in [4.69, 9.17) is 11.6 Å². The van der Waals surface area contributed by atoms with Crippen LogP contribution in [0.1, 0.15) is 5.56 Å². The number of nitro benzene ring substituents is 1. The Labute approximate surface area is 189 Å². The lowest BCUT2D eigenvalue weighted by Crippen LogP contribution is -2.39. The first kappa shape index (κ1) is 22.9. The molecule has 0 aliphatic heterocycles. The van der Waals surface area contributed by atoms with Gasteiger partial charge in [-0.05, 0) is 24.3 Å². The van der Waals surface area contributed by atoms with Crippen molar-refractivity contribution in [3.8, 4) is 0 Å². The molecule has 0 aliphatic rings. The summed E-state index contributed by atoms with van der Waals surface area (Å²) in [6.07, 6.45) is 1.32. The molecule has 0 aliphatic carbocycles. The number of nitrogens with zero attached hydrogens (tertiary/aromatic N) is 3. The molecule has 3 rings (SSSR count). The van der Waals surface area contributed by atoms with Gasteiger partial charge in [-0.25, -0.2) is 13.8 Å². The largest absolute Gasteiger partial charge is 0.289 e. The van der Waals surface area contributed by atoms with E-state index >= 15 is 0 Å². The van der Waals surface area contributed by atoms with Gasteiger partial charge in [-0.3, -0.25) is 19.2 Å². The van der Waals surface area contributed by atoms with Gasteiger partial charge in [-0.1, -0.05) is 60.1 Å². The maximum Gasteiger partial charge on any atom is 0.289 e. The minimum absolute atomic E-state index is 0.163. The molecule has 0 saturated heterocycles. The van der Waals surface area contributed by atoms with Crippen LogP contribution in [-0.2, 0) is 14.8 Å². The predicted octanol–water partition coefficient (Wildman–Crippen LogP) is 3.59. The summed E-state index contributed by atoms with van der Waals surface area (Å²) in [5.74, 6) is -0.751. The van der Waals surface area contributed by atoms with Crippen molar-refractivity contribution in [2.75, 3.05) is 10.8 Å².